The molecule has 1 saturated heterocycles. The molecule has 2 rings (SSSR count). The highest BCUT2D eigenvalue weighted by Gasteiger charge is 2.52. The fourth-order valence-corrected chi connectivity index (χ4v) is 2.57. The van der Waals surface area contributed by atoms with Crippen molar-refractivity contribution < 1.29 is 9.31 Å². The van der Waals surface area contributed by atoms with E-state index in [0.29, 0.717) is 0 Å². The van der Waals surface area contributed by atoms with Gasteiger partial charge in [0.05, 0.1) is 11.2 Å². The van der Waals surface area contributed by atoms with E-state index in [1.54, 1.807) is 11.8 Å². The Balaban J connectivity index is 2.14. The Hall–Kier alpha value is -0.445. The molecule has 4 heteroatoms. The van der Waals surface area contributed by atoms with Gasteiger partial charge < -0.3 is 9.31 Å². The summed E-state index contributed by atoms with van der Waals surface area (Å²) in [5.41, 5.74) is 0.743. The van der Waals surface area contributed by atoms with Crippen LogP contribution in [0, 0.1) is 0 Å². The molecule has 0 bridgehead atoms. The Kier molecular flexibility index (Phi) is 4.06. The lowest BCUT2D eigenvalue weighted by molar-refractivity contribution is 0.00578. The summed E-state index contributed by atoms with van der Waals surface area (Å²) in [7, 11) is -0.176. The van der Waals surface area contributed by atoms with Gasteiger partial charge in [0, 0.05) is 10.7 Å². The molecule has 1 fully saturated rings. The molecule has 19 heavy (non-hydrogen) atoms. The Bertz CT molecular complexity index is 426. The average Bonchev–Trinajstić information content (AvgIpc) is 2.58. The summed E-state index contributed by atoms with van der Waals surface area (Å²) in [6, 6.07) is 8.65. The van der Waals surface area contributed by atoms with Gasteiger partial charge in [-0.2, -0.15) is 0 Å². The van der Waals surface area contributed by atoms with E-state index in [4.69, 9.17) is 9.31 Å². The van der Waals surface area contributed by atoms with Crippen molar-refractivity contribution in [3.63, 3.8) is 0 Å². The Labute approximate surface area is 121 Å². The van der Waals surface area contributed by atoms with Crippen molar-refractivity contribution in [1.29, 1.82) is 0 Å². The normalized spacial score (nSPS) is 22.5. The fraction of sp³-hybridized carbons (Fsp3) is 0.600. The molecule has 2 nitrogen and oxygen atoms in total. The summed E-state index contributed by atoms with van der Waals surface area (Å²) >= 11 is 1.76. The molecule has 1 unspecified atom stereocenters. The van der Waals surface area contributed by atoms with Gasteiger partial charge in [0.2, 0.25) is 0 Å². The molecule has 1 heterocycles. The van der Waals surface area contributed by atoms with Gasteiger partial charge >= 0.3 is 7.12 Å². The van der Waals surface area contributed by atoms with Crippen molar-refractivity contribution in [2.45, 2.75) is 56.5 Å². The molecule has 0 saturated carbocycles. The Morgan fingerprint density at radius 2 is 1.47 bits per heavy atom. The van der Waals surface area contributed by atoms with E-state index in [9.17, 15) is 0 Å². The first-order valence-corrected chi connectivity index (χ1v) is 7.99. The lowest BCUT2D eigenvalue weighted by Crippen LogP contribution is -2.41. The highest BCUT2D eigenvalue weighted by Crippen LogP contribution is 2.40. The van der Waals surface area contributed by atoms with Crippen LogP contribution in [0.15, 0.2) is 29.2 Å². The maximum absolute atomic E-state index is 6.11. The van der Waals surface area contributed by atoms with E-state index in [0.717, 1.165) is 0 Å². The second-order valence-electron chi connectivity index (χ2n) is 6.19. The van der Waals surface area contributed by atoms with Gasteiger partial charge in [-0.1, -0.05) is 19.1 Å². The number of rotatable bonds is 3. The molecule has 1 aliphatic heterocycles. The molecule has 1 atom stereocenters. The van der Waals surface area contributed by atoms with Gasteiger partial charge in [0.15, 0.2) is 0 Å². The van der Waals surface area contributed by atoms with Crippen molar-refractivity contribution >= 4 is 18.9 Å². The highest BCUT2D eigenvalue weighted by atomic mass is 32.2. The van der Waals surface area contributed by atoms with Crippen LogP contribution in [0.4, 0.5) is 0 Å². The van der Waals surface area contributed by atoms with Gasteiger partial charge in [-0.25, -0.2) is 0 Å². The van der Waals surface area contributed by atoms with Crippen LogP contribution >= 0.6 is 11.8 Å². The zero-order valence-corrected chi connectivity index (χ0v) is 13.5. The molecule has 0 aliphatic carbocycles. The molecular formula is C15H23BO2S. The van der Waals surface area contributed by atoms with Crippen LogP contribution < -0.4 is 0 Å². The van der Waals surface area contributed by atoms with Crippen LogP contribution in [0.1, 0.15) is 46.0 Å². The lowest BCUT2D eigenvalue weighted by Gasteiger charge is -2.32. The molecule has 0 N–H and O–H groups in total. The molecule has 0 radical (unpaired) electrons. The molecule has 1 aliphatic rings. The Morgan fingerprint density at radius 1 is 1.00 bits per heavy atom. The zero-order chi connectivity index (χ0) is 14.3. The first-order valence-electron chi connectivity index (χ1n) is 6.76. The standard InChI is InChI=1S/C15H23BO2S/c1-11(12-7-9-13(19-6)10-8-12)16-17-14(2,3)15(4,5)18-16/h7-11H,1-6H3. The Morgan fingerprint density at radius 3 is 1.89 bits per heavy atom. The number of hydrogen-bond acceptors (Lipinski definition) is 3. The fourth-order valence-electron chi connectivity index (χ4n) is 2.16. The van der Waals surface area contributed by atoms with E-state index in [1.165, 1.54) is 10.5 Å². The molecular weight excluding hydrogens is 255 g/mol. The third kappa shape index (κ3) is 2.86. The van der Waals surface area contributed by atoms with Gasteiger partial charge in [0.1, 0.15) is 0 Å². The SMILES string of the molecule is CSc1ccc(C(C)B2OC(C)(C)C(C)(C)O2)cc1. The third-order valence-electron chi connectivity index (χ3n) is 4.32. The lowest BCUT2D eigenvalue weighted by atomic mass is 9.69. The van der Waals surface area contributed by atoms with E-state index < -0.39 is 0 Å². The summed E-state index contributed by atoms with van der Waals surface area (Å²) in [4.78, 5) is 1.28. The van der Waals surface area contributed by atoms with E-state index in [1.807, 2.05) is 0 Å². The number of thioether (sulfide) groups is 1. The van der Waals surface area contributed by atoms with Crippen LogP contribution in [-0.4, -0.2) is 24.6 Å². The predicted molar refractivity (Wildman–Crippen MR) is 82.7 cm³/mol. The third-order valence-corrected chi connectivity index (χ3v) is 5.06. The van der Waals surface area contributed by atoms with Crippen LogP contribution in [-0.2, 0) is 9.31 Å². The van der Waals surface area contributed by atoms with Crippen LogP contribution in [0.2, 0.25) is 0 Å². The monoisotopic (exact) mass is 278 g/mol. The van der Waals surface area contributed by atoms with Gasteiger partial charge in [0.25, 0.3) is 0 Å². The second kappa shape index (κ2) is 5.15. The number of hydrogen-bond donors (Lipinski definition) is 0. The molecule has 104 valence electrons. The first-order chi connectivity index (χ1) is 8.77. The largest absolute Gasteiger partial charge is 0.465 e. The smallest absolute Gasteiger partial charge is 0.403 e. The zero-order valence-electron chi connectivity index (χ0n) is 12.7. The summed E-state index contributed by atoms with van der Waals surface area (Å²) in [6.07, 6.45) is 2.09. The highest BCUT2D eigenvalue weighted by molar-refractivity contribution is 7.98. The topological polar surface area (TPSA) is 18.5 Å². The van der Waals surface area contributed by atoms with E-state index in [-0.39, 0.29) is 24.1 Å². The maximum Gasteiger partial charge on any atom is 0.465 e. The minimum atomic E-state index is -0.259. The van der Waals surface area contributed by atoms with Gasteiger partial charge in [-0.3, -0.25) is 0 Å². The van der Waals surface area contributed by atoms with Crippen molar-refractivity contribution in [1.82, 2.24) is 0 Å². The van der Waals surface area contributed by atoms with E-state index >= 15 is 0 Å². The average molecular weight is 278 g/mol. The summed E-state index contributed by atoms with van der Waals surface area (Å²) in [5, 5.41) is 0. The number of benzene rings is 1. The minimum Gasteiger partial charge on any atom is -0.403 e. The minimum absolute atomic E-state index is 0.176. The van der Waals surface area contributed by atoms with Crippen molar-refractivity contribution in [3.05, 3.63) is 29.8 Å². The van der Waals surface area contributed by atoms with Gasteiger partial charge in [-0.15, -0.1) is 11.8 Å². The van der Waals surface area contributed by atoms with Crippen molar-refractivity contribution in [2.24, 2.45) is 0 Å². The predicted octanol–water partition coefficient (Wildman–Crippen LogP) is 4.14. The first kappa shape index (κ1) is 15.0. The second-order valence-corrected chi connectivity index (χ2v) is 7.07. The summed E-state index contributed by atoms with van der Waals surface area (Å²) in [6.45, 7) is 10.5. The molecule has 0 spiro atoms. The van der Waals surface area contributed by atoms with Crippen molar-refractivity contribution in [3.8, 4) is 0 Å². The molecule has 0 aromatic heterocycles. The van der Waals surface area contributed by atoms with Crippen LogP contribution in [0.5, 0.6) is 0 Å². The maximum atomic E-state index is 6.11. The summed E-state index contributed by atoms with van der Waals surface area (Å²) < 4.78 is 12.2. The molecule has 1 aromatic carbocycles. The van der Waals surface area contributed by atoms with Gasteiger partial charge in [-0.05, 0) is 51.6 Å². The van der Waals surface area contributed by atoms with Crippen LogP contribution in [0.25, 0.3) is 0 Å². The van der Waals surface area contributed by atoms with Crippen LogP contribution in [0.3, 0.4) is 0 Å². The quantitative estimate of drug-likeness (QED) is 0.611. The molecule has 0 amide bonds. The van der Waals surface area contributed by atoms with Crippen molar-refractivity contribution in [2.75, 3.05) is 6.26 Å². The molecule has 1 aromatic rings. The summed E-state index contributed by atoms with van der Waals surface area (Å²) in [5.74, 6) is 0.233. The van der Waals surface area contributed by atoms with E-state index in [2.05, 4.69) is 65.1 Å².